The van der Waals surface area contributed by atoms with Crippen molar-refractivity contribution in [1.82, 2.24) is 14.4 Å². The Hall–Kier alpha value is -3.54. The van der Waals surface area contributed by atoms with Gasteiger partial charge < -0.3 is 19.1 Å². The molecule has 0 spiro atoms. The number of unbranched alkanes of at least 4 members (excludes halogenated alkanes) is 2. The molecule has 1 aliphatic rings. The van der Waals surface area contributed by atoms with Crippen LogP contribution in [0, 0.1) is 6.92 Å². The van der Waals surface area contributed by atoms with E-state index in [2.05, 4.69) is 23.6 Å². The Morgan fingerprint density at radius 3 is 2.17 bits per heavy atom. The largest absolute Gasteiger partial charge is 0.497 e. The van der Waals surface area contributed by atoms with Gasteiger partial charge in [0.2, 0.25) is 5.91 Å². The van der Waals surface area contributed by atoms with Crippen molar-refractivity contribution in [2.24, 2.45) is 0 Å². The topological polar surface area (TPSA) is 54.8 Å². The first-order chi connectivity index (χ1) is 17.0. The molecule has 0 saturated carbocycles. The highest BCUT2D eigenvalue weighted by Gasteiger charge is 2.28. The van der Waals surface area contributed by atoms with E-state index in [4.69, 9.17) is 4.74 Å². The highest BCUT2D eigenvalue weighted by Crippen LogP contribution is 2.31. The van der Waals surface area contributed by atoms with Gasteiger partial charge in [0.15, 0.2) is 0 Å². The van der Waals surface area contributed by atoms with E-state index in [1.165, 1.54) is 0 Å². The molecule has 0 atom stereocenters. The summed E-state index contributed by atoms with van der Waals surface area (Å²) in [6, 6.07) is 20.0. The van der Waals surface area contributed by atoms with Gasteiger partial charge in [-0.3, -0.25) is 9.59 Å². The summed E-state index contributed by atoms with van der Waals surface area (Å²) >= 11 is 0. The van der Waals surface area contributed by atoms with E-state index in [0.29, 0.717) is 38.2 Å². The monoisotopic (exact) mass is 473 g/mol. The van der Waals surface area contributed by atoms with E-state index < -0.39 is 0 Å². The van der Waals surface area contributed by atoms with Gasteiger partial charge in [0, 0.05) is 44.0 Å². The van der Waals surface area contributed by atoms with Crippen LogP contribution in [0.3, 0.4) is 0 Å². The smallest absolute Gasteiger partial charge is 0.255 e. The number of benzene rings is 2. The fourth-order valence-electron chi connectivity index (χ4n) is 4.72. The molecule has 0 radical (unpaired) electrons. The first-order valence-corrected chi connectivity index (χ1v) is 12.5. The number of rotatable bonds is 8. The van der Waals surface area contributed by atoms with Gasteiger partial charge in [0.25, 0.3) is 5.91 Å². The number of ether oxygens (including phenoxy) is 1. The summed E-state index contributed by atoms with van der Waals surface area (Å²) in [5.41, 5.74) is 4.59. The van der Waals surface area contributed by atoms with Gasteiger partial charge in [-0.2, -0.15) is 0 Å². The van der Waals surface area contributed by atoms with Gasteiger partial charge in [-0.15, -0.1) is 0 Å². The number of methoxy groups -OCH3 is 1. The van der Waals surface area contributed by atoms with Gasteiger partial charge in [-0.1, -0.05) is 38.0 Å². The average molecular weight is 474 g/mol. The highest BCUT2D eigenvalue weighted by atomic mass is 16.5. The van der Waals surface area contributed by atoms with Crippen molar-refractivity contribution < 1.29 is 14.3 Å². The van der Waals surface area contributed by atoms with E-state index in [0.717, 1.165) is 47.7 Å². The van der Waals surface area contributed by atoms with E-state index in [-0.39, 0.29) is 11.8 Å². The molecule has 0 aliphatic carbocycles. The maximum atomic E-state index is 13.6. The molecule has 1 aromatic heterocycles. The summed E-state index contributed by atoms with van der Waals surface area (Å²) in [5, 5.41) is 0. The van der Waals surface area contributed by atoms with Crippen molar-refractivity contribution in [2.45, 2.75) is 39.5 Å². The Morgan fingerprint density at radius 1 is 0.886 bits per heavy atom. The number of aromatic nitrogens is 1. The molecule has 2 aromatic carbocycles. The molecule has 184 valence electrons. The van der Waals surface area contributed by atoms with Gasteiger partial charge >= 0.3 is 0 Å². The zero-order valence-corrected chi connectivity index (χ0v) is 21.0. The third kappa shape index (κ3) is 5.42. The fraction of sp³-hybridized carbons (Fsp3) is 0.379. The number of carbonyl (C=O) groups excluding carboxylic acids is 2. The molecule has 6 heteroatoms. The number of hydrogen-bond acceptors (Lipinski definition) is 3. The molecule has 0 N–H and O–H groups in total. The normalized spacial score (nSPS) is 13.7. The zero-order valence-electron chi connectivity index (χ0n) is 21.0. The molecule has 6 nitrogen and oxygen atoms in total. The molecule has 0 bridgehead atoms. The van der Waals surface area contributed by atoms with Crippen LogP contribution in [0.4, 0.5) is 0 Å². The van der Waals surface area contributed by atoms with Crippen LogP contribution in [0.1, 0.15) is 48.7 Å². The van der Waals surface area contributed by atoms with Crippen LogP contribution in [-0.4, -0.2) is 59.5 Å². The lowest BCUT2D eigenvalue weighted by Crippen LogP contribution is -2.50. The molecule has 1 aliphatic heterocycles. The van der Waals surface area contributed by atoms with Crippen LogP contribution >= 0.6 is 0 Å². The van der Waals surface area contributed by atoms with Gasteiger partial charge in [0.1, 0.15) is 5.75 Å². The van der Waals surface area contributed by atoms with Crippen LogP contribution in [0.2, 0.25) is 0 Å². The van der Waals surface area contributed by atoms with Crippen LogP contribution in [0.15, 0.2) is 60.7 Å². The third-order valence-corrected chi connectivity index (χ3v) is 6.79. The predicted octanol–water partition coefficient (Wildman–Crippen LogP) is 5.33. The number of nitrogens with zero attached hydrogens (tertiary/aromatic N) is 3. The Kier molecular flexibility index (Phi) is 7.91. The molecule has 4 rings (SSSR count). The summed E-state index contributed by atoms with van der Waals surface area (Å²) in [6.45, 7) is 6.46. The molecular weight excluding hydrogens is 438 g/mol. The highest BCUT2D eigenvalue weighted by molar-refractivity contribution is 5.97. The summed E-state index contributed by atoms with van der Waals surface area (Å²) in [6.07, 6.45) is 3.73. The second-order valence-corrected chi connectivity index (χ2v) is 9.06. The second kappa shape index (κ2) is 11.3. The van der Waals surface area contributed by atoms with E-state index in [1.54, 1.807) is 7.11 Å². The van der Waals surface area contributed by atoms with Crippen molar-refractivity contribution in [3.63, 3.8) is 0 Å². The zero-order chi connectivity index (χ0) is 24.8. The number of hydrogen-bond donors (Lipinski definition) is 0. The van der Waals surface area contributed by atoms with Gasteiger partial charge in [0.05, 0.1) is 18.4 Å². The summed E-state index contributed by atoms with van der Waals surface area (Å²) in [5.74, 6) is 1.02. The Morgan fingerprint density at radius 2 is 1.54 bits per heavy atom. The Bertz CT molecular complexity index is 1140. The molecule has 2 heterocycles. The number of piperazine rings is 1. The maximum Gasteiger partial charge on any atom is 0.255 e. The van der Waals surface area contributed by atoms with Crippen molar-refractivity contribution in [3.05, 3.63) is 71.9 Å². The summed E-state index contributed by atoms with van der Waals surface area (Å²) in [4.78, 5) is 29.9. The average Bonchev–Trinajstić information content (AvgIpc) is 3.25. The van der Waals surface area contributed by atoms with Crippen LogP contribution < -0.4 is 4.74 Å². The maximum absolute atomic E-state index is 13.6. The SMILES string of the molecule is CCCCCC(=O)N1CCN(C(=O)c2cc(-c3ccc(OC)cc3)n(-c3ccccc3)c2C)CC1. The standard InChI is InChI=1S/C29H35N3O3/c1-4-5-7-12-28(33)30-17-19-31(20-18-30)29(34)26-21-27(23-13-15-25(35-3)16-14-23)32(22(26)2)24-10-8-6-9-11-24/h6,8-11,13-16,21H,4-5,7,12,17-20H2,1-3H3. The van der Waals surface area contributed by atoms with Crippen molar-refractivity contribution in [1.29, 1.82) is 0 Å². The molecular formula is C29H35N3O3. The molecule has 35 heavy (non-hydrogen) atoms. The van der Waals surface area contributed by atoms with E-state index in [9.17, 15) is 9.59 Å². The third-order valence-electron chi connectivity index (χ3n) is 6.79. The quantitative estimate of drug-likeness (QED) is 0.416. The molecule has 0 unspecified atom stereocenters. The number of carbonyl (C=O) groups is 2. The molecule has 1 fully saturated rings. The lowest BCUT2D eigenvalue weighted by molar-refractivity contribution is -0.132. The minimum atomic E-state index is 0.0185. The van der Waals surface area contributed by atoms with Gasteiger partial charge in [-0.05, 0) is 61.4 Å². The number of para-hydroxylation sites is 1. The summed E-state index contributed by atoms with van der Waals surface area (Å²) < 4.78 is 7.47. The molecule has 3 aromatic rings. The van der Waals surface area contributed by atoms with Crippen LogP contribution in [-0.2, 0) is 4.79 Å². The Balaban J connectivity index is 1.57. The van der Waals surface area contributed by atoms with E-state index in [1.807, 2.05) is 65.3 Å². The fourth-order valence-corrected chi connectivity index (χ4v) is 4.72. The lowest BCUT2D eigenvalue weighted by atomic mass is 10.1. The van der Waals surface area contributed by atoms with Crippen LogP contribution in [0.25, 0.3) is 16.9 Å². The number of amides is 2. The summed E-state index contributed by atoms with van der Waals surface area (Å²) in [7, 11) is 1.65. The Labute approximate surface area is 208 Å². The van der Waals surface area contributed by atoms with Crippen molar-refractivity contribution >= 4 is 11.8 Å². The lowest BCUT2D eigenvalue weighted by Gasteiger charge is -2.35. The predicted molar refractivity (Wildman–Crippen MR) is 139 cm³/mol. The minimum absolute atomic E-state index is 0.0185. The minimum Gasteiger partial charge on any atom is -0.497 e. The van der Waals surface area contributed by atoms with Crippen LogP contribution in [0.5, 0.6) is 5.75 Å². The molecule has 1 saturated heterocycles. The van der Waals surface area contributed by atoms with Crippen molar-refractivity contribution in [3.8, 4) is 22.7 Å². The van der Waals surface area contributed by atoms with E-state index >= 15 is 0 Å². The van der Waals surface area contributed by atoms with Crippen molar-refractivity contribution in [2.75, 3.05) is 33.3 Å². The first-order valence-electron chi connectivity index (χ1n) is 12.5. The first kappa shape index (κ1) is 24.6. The molecule has 2 amide bonds. The second-order valence-electron chi connectivity index (χ2n) is 9.06. The van der Waals surface area contributed by atoms with Gasteiger partial charge in [-0.25, -0.2) is 0 Å².